The van der Waals surface area contributed by atoms with Gasteiger partial charge in [-0.15, -0.1) is 11.8 Å². The molecule has 8 heteroatoms. The number of hydrogen-bond acceptors (Lipinski definition) is 5. The maximum absolute atomic E-state index is 12.9. The number of halogens is 1. The summed E-state index contributed by atoms with van der Waals surface area (Å²) in [4.78, 5) is 25.2. The number of thioether (sulfide) groups is 1. The van der Waals surface area contributed by atoms with Crippen molar-refractivity contribution in [1.29, 1.82) is 0 Å². The highest BCUT2D eigenvalue weighted by Gasteiger charge is 2.18. The minimum atomic E-state index is -0.887. The van der Waals surface area contributed by atoms with Gasteiger partial charge in [0.2, 0.25) is 0 Å². The largest absolute Gasteiger partial charge is 0.496 e. The number of hydrogen-bond donors (Lipinski definition) is 2. The highest BCUT2D eigenvalue weighted by molar-refractivity contribution is 7.98. The summed E-state index contributed by atoms with van der Waals surface area (Å²) in [6, 6.07) is 10.4. The first-order valence-corrected chi connectivity index (χ1v) is 8.91. The fraction of sp³-hybridized carbons (Fsp3) is 0.222. The Kier molecular flexibility index (Phi) is 6.85. The average Bonchev–Trinajstić information content (AvgIpc) is 2.66. The number of amides is 2. The lowest BCUT2D eigenvalue weighted by molar-refractivity contribution is -0.128. The number of hydrazine groups is 1. The normalized spacial score (nSPS) is 11.4. The molecule has 0 aliphatic carbocycles. The van der Waals surface area contributed by atoms with Crippen LogP contribution >= 0.6 is 11.8 Å². The Morgan fingerprint density at radius 2 is 1.81 bits per heavy atom. The third-order valence-corrected chi connectivity index (χ3v) is 4.17. The molecule has 0 unspecified atom stereocenters. The van der Waals surface area contributed by atoms with Gasteiger partial charge in [0, 0.05) is 4.90 Å². The summed E-state index contributed by atoms with van der Waals surface area (Å²) in [7, 11) is 1.47. The Labute approximate surface area is 155 Å². The van der Waals surface area contributed by atoms with Gasteiger partial charge in [-0.1, -0.05) is 0 Å². The number of nitrogens with one attached hydrogen (secondary N) is 2. The zero-order chi connectivity index (χ0) is 19.1. The Morgan fingerprint density at radius 1 is 1.12 bits per heavy atom. The van der Waals surface area contributed by atoms with E-state index >= 15 is 0 Å². The molecule has 2 amide bonds. The third-order valence-electron chi connectivity index (χ3n) is 3.45. The maximum atomic E-state index is 12.9. The second-order valence-electron chi connectivity index (χ2n) is 5.22. The number of benzene rings is 2. The first kappa shape index (κ1) is 19.6. The quantitative estimate of drug-likeness (QED) is 0.597. The van der Waals surface area contributed by atoms with Gasteiger partial charge in [-0.25, -0.2) is 4.39 Å². The Bertz CT molecular complexity index is 783. The van der Waals surface area contributed by atoms with Gasteiger partial charge in [-0.05, 0) is 55.6 Å². The lowest BCUT2D eigenvalue weighted by Gasteiger charge is -2.16. The molecule has 0 spiro atoms. The fourth-order valence-electron chi connectivity index (χ4n) is 2.04. The lowest BCUT2D eigenvalue weighted by Crippen LogP contribution is -2.47. The molecule has 1 atom stereocenters. The van der Waals surface area contributed by atoms with Crippen LogP contribution in [0.25, 0.3) is 0 Å². The van der Waals surface area contributed by atoms with E-state index in [0.29, 0.717) is 11.5 Å². The second-order valence-corrected chi connectivity index (χ2v) is 6.10. The van der Waals surface area contributed by atoms with Crippen molar-refractivity contribution in [2.75, 3.05) is 13.4 Å². The van der Waals surface area contributed by atoms with Gasteiger partial charge in [0.25, 0.3) is 11.8 Å². The average molecular weight is 378 g/mol. The molecule has 26 heavy (non-hydrogen) atoms. The van der Waals surface area contributed by atoms with E-state index < -0.39 is 23.7 Å². The lowest BCUT2D eigenvalue weighted by atomic mass is 10.2. The summed E-state index contributed by atoms with van der Waals surface area (Å²) in [6.45, 7) is 1.51. The van der Waals surface area contributed by atoms with Crippen molar-refractivity contribution < 1.29 is 23.5 Å². The third kappa shape index (κ3) is 5.13. The van der Waals surface area contributed by atoms with Gasteiger partial charge in [0.05, 0.1) is 12.7 Å². The van der Waals surface area contributed by atoms with Crippen LogP contribution in [0.2, 0.25) is 0 Å². The zero-order valence-corrected chi connectivity index (χ0v) is 15.4. The molecule has 2 N–H and O–H groups in total. The van der Waals surface area contributed by atoms with Crippen LogP contribution in [0.1, 0.15) is 17.3 Å². The van der Waals surface area contributed by atoms with E-state index in [4.69, 9.17) is 9.47 Å². The molecule has 2 aromatic rings. The van der Waals surface area contributed by atoms with E-state index in [1.807, 2.05) is 6.26 Å². The fourth-order valence-corrected chi connectivity index (χ4v) is 2.47. The zero-order valence-electron chi connectivity index (χ0n) is 14.5. The second kappa shape index (κ2) is 9.10. The van der Waals surface area contributed by atoms with E-state index in [9.17, 15) is 14.0 Å². The van der Waals surface area contributed by atoms with Gasteiger partial charge in [0.1, 0.15) is 17.3 Å². The monoisotopic (exact) mass is 378 g/mol. The molecule has 0 aliphatic heterocycles. The van der Waals surface area contributed by atoms with Crippen LogP contribution < -0.4 is 20.3 Å². The van der Waals surface area contributed by atoms with Crippen LogP contribution in [-0.2, 0) is 4.79 Å². The van der Waals surface area contributed by atoms with Crippen LogP contribution in [0, 0.1) is 5.82 Å². The van der Waals surface area contributed by atoms with Crippen LogP contribution in [-0.4, -0.2) is 31.3 Å². The van der Waals surface area contributed by atoms with Gasteiger partial charge in [-0.2, -0.15) is 0 Å². The van der Waals surface area contributed by atoms with E-state index in [1.165, 1.54) is 50.1 Å². The molecule has 0 saturated heterocycles. The molecule has 0 fully saturated rings. The van der Waals surface area contributed by atoms with Crippen molar-refractivity contribution in [1.82, 2.24) is 10.9 Å². The molecule has 2 rings (SSSR count). The number of ether oxygens (including phenoxy) is 2. The number of carbonyl (C=O) groups is 2. The van der Waals surface area contributed by atoms with E-state index in [-0.39, 0.29) is 5.56 Å². The Hall–Kier alpha value is -2.74. The van der Waals surface area contributed by atoms with Gasteiger partial charge in [-0.3, -0.25) is 20.4 Å². The van der Waals surface area contributed by atoms with E-state index in [0.717, 1.165) is 4.90 Å². The van der Waals surface area contributed by atoms with Crippen molar-refractivity contribution in [3.8, 4) is 11.5 Å². The number of carbonyl (C=O) groups excluding carboxylic acids is 2. The summed E-state index contributed by atoms with van der Waals surface area (Å²) >= 11 is 1.52. The maximum Gasteiger partial charge on any atom is 0.279 e. The van der Waals surface area contributed by atoms with Crippen molar-refractivity contribution in [2.45, 2.75) is 17.9 Å². The number of rotatable bonds is 6. The van der Waals surface area contributed by atoms with Crippen molar-refractivity contribution in [2.24, 2.45) is 0 Å². The van der Waals surface area contributed by atoms with Gasteiger partial charge < -0.3 is 9.47 Å². The molecular formula is C18H19FN2O4S. The van der Waals surface area contributed by atoms with E-state index in [2.05, 4.69) is 10.9 Å². The van der Waals surface area contributed by atoms with Crippen molar-refractivity contribution >= 4 is 23.6 Å². The molecule has 0 aliphatic rings. The van der Waals surface area contributed by atoms with Crippen molar-refractivity contribution in [3.63, 3.8) is 0 Å². The van der Waals surface area contributed by atoms with Gasteiger partial charge in [0.15, 0.2) is 6.10 Å². The van der Waals surface area contributed by atoms with Crippen LogP contribution in [0.3, 0.4) is 0 Å². The first-order valence-electron chi connectivity index (χ1n) is 7.69. The summed E-state index contributed by atoms with van der Waals surface area (Å²) in [6.07, 6.45) is 1.03. The van der Waals surface area contributed by atoms with Crippen LogP contribution in [0.15, 0.2) is 47.4 Å². The smallest absolute Gasteiger partial charge is 0.279 e. The van der Waals surface area contributed by atoms with Crippen LogP contribution in [0.5, 0.6) is 11.5 Å². The summed E-state index contributed by atoms with van der Waals surface area (Å²) < 4.78 is 23.5. The molecule has 2 aromatic carbocycles. The molecular weight excluding hydrogens is 359 g/mol. The molecule has 0 bridgehead atoms. The Morgan fingerprint density at radius 3 is 2.42 bits per heavy atom. The van der Waals surface area contributed by atoms with Gasteiger partial charge >= 0.3 is 0 Å². The predicted molar refractivity (Wildman–Crippen MR) is 96.9 cm³/mol. The molecule has 138 valence electrons. The summed E-state index contributed by atoms with van der Waals surface area (Å²) in [5.74, 6) is -0.726. The molecule has 0 radical (unpaired) electrons. The van der Waals surface area contributed by atoms with Crippen molar-refractivity contribution in [3.05, 3.63) is 53.8 Å². The minimum absolute atomic E-state index is 0.290. The molecule has 0 saturated carbocycles. The molecule has 0 aromatic heterocycles. The topological polar surface area (TPSA) is 76.7 Å². The van der Waals surface area contributed by atoms with E-state index in [1.54, 1.807) is 18.2 Å². The predicted octanol–water partition coefficient (Wildman–Crippen LogP) is 2.78. The molecule has 0 heterocycles. The highest BCUT2D eigenvalue weighted by Crippen LogP contribution is 2.25. The minimum Gasteiger partial charge on any atom is -0.496 e. The molecule has 6 nitrogen and oxygen atoms in total. The summed E-state index contributed by atoms with van der Waals surface area (Å²) in [5, 5.41) is 0. The Balaban J connectivity index is 1.93. The summed E-state index contributed by atoms with van der Waals surface area (Å²) in [5.41, 5.74) is 4.90. The van der Waals surface area contributed by atoms with Crippen LogP contribution in [0.4, 0.5) is 4.39 Å². The highest BCUT2D eigenvalue weighted by atomic mass is 32.2. The first-order chi connectivity index (χ1) is 12.4. The SMILES string of the molecule is COc1cc(SC)ccc1C(=O)NNC(=O)[C@@H](C)Oc1ccc(F)cc1. The number of methoxy groups -OCH3 is 1. The standard InChI is InChI=1S/C18H19FN2O4S/c1-11(25-13-6-4-12(19)5-7-13)17(22)20-21-18(23)15-9-8-14(26-3)10-16(15)24-2/h4-11H,1-3H3,(H,20,22)(H,21,23)/t11-/m1/s1.